The van der Waals surface area contributed by atoms with Gasteiger partial charge in [0.15, 0.2) is 0 Å². The predicted octanol–water partition coefficient (Wildman–Crippen LogP) is 0.781. The first-order valence-electron chi connectivity index (χ1n) is 8.76. The molecule has 2 N–H and O–H groups in total. The average Bonchev–Trinajstić information content (AvgIpc) is 2.62. The highest BCUT2D eigenvalue weighted by atomic mass is 16.2. The van der Waals surface area contributed by atoms with Crippen LogP contribution >= 0.6 is 0 Å². The summed E-state index contributed by atoms with van der Waals surface area (Å²) in [6.45, 7) is 4.61. The second kappa shape index (κ2) is 7.23. The SMILES string of the molecule is CCn1c(=O)c(=O)[nH]c2cc(C(=O)N3CCCC(CNC)C3)ccc21. The zero-order valence-electron chi connectivity index (χ0n) is 14.7. The number of aryl methyl sites for hydroxylation is 1. The summed E-state index contributed by atoms with van der Waals surface area (Å²) < 4.78 is 1.42. The van der Waals surface area contributed by atoms with E-state index >= 15 is 0 Å². The van der Waals surface area contributed by atoms with Crippen LogP contribution in [-0.2, 0) is 6.54 Å². The Morgan fingerprint density at radius 1 is 1.36 bits per heavy atom. The highest BCUT2D eigenvalue weighted by Crippen LogP contribution is 2.19. The van der Waals surface area contributed by atoms with E-state index in [4.69, 9.17) is 0 Å². The molecule has 1 saturated heterocycles. The lowest BCUT2D eigenvalue weighted by atomic mass is 9.97. The Morgan fingerprint density at radius 2 is 2.16 bits per heavy atom. The maximum absolute atomic E-state index is 12.8. The topological polar surface area (TPSA) is 87.2 Å². The molecular formula is C18H24N4O3. The number of rotatable bonds is 4. The van der Waals surface area contributed by atoms with Crippen molar-refractivity contribution in [3.05, 3.63) is 44.5 Å². The van der Waals surface area contributed by atoms with Gasteiger partial charge in [0.1, 0.15) is 0 Å². The van der Waals surface area contributed by atoms with E-state index in [1.807, 2.05) is 18.9 Å². The van der Waals surface area contributed by atoms with Crippen molar-refractivity contribution >= 4 is 16.9 Å². The second-order valence-corrected chi connectivity index (χ2v) is 6.55. The Labute approximate surface area is 145 Å². The number of carbonyl (C=O) groups excluding carboxylic acids is 1. The molecular weight excluding hydrogens is 320 g/mol. The minimum Gasteiger partial charge on any atom is -0.338 e. The summed E-state index contributed by atoms with van der Waals surface area (Å²) in [5.74, 6) is 0.436. The number of piperidine rings is 1. The van der Waals surface area contributed by atoms with Gasteiger partial charge in [-0.05, 0) is 57.5 Å². The number of fused-ring (bicyclic) bond motifs is 1. The minimum atomic E-state index is -0.661. The van der Waals surface area contributed by atoms with Crippen molar-refractivity contribution in [1.82, 2.24) is 19.8 Å². The van der Waals surface area contributed by atoms with Gasteiger partial charge in [0.2, 0.25) is 0 Å². The van der Waals surface area contributed by atoms with Gasteiger partial charge in [-0.2, -0.15) is 0 Å². The zero-order chi connectivity index (χ0) is 18.0. The Kier molecular flexibility index (Phi) is 5.03. The van der Waals surface area contributed by atoms with Crippen molar-refractivity contribution in [2.24, 2.45) is 5.92 Å². The van der Waals surface area contributed by atoms with Gasteiger partial charge in [-0.1, -0.05) is 0 Å². The molecule has 0 spiro atoms. The molecule has 25 heavy (non-hydrogen) atoms. The van der Waals surface area contributed by atoms with E-state index in [1.54, 1.807) is 18.2 Å². The molecule has 7 nitrogen and oxygen atoms in total. The van der Waals surface area contributed by atoms with Crippen LogP contribution in [0.2, 0.25) is 0 Å². The molecule has 0 radical (unpaired) electrons. The summed E-state index contributed by atoms with van der Waals surface area (Å²) in [6, 6.07) is 5.14. The molecule has 1 amide bonds. The van der Waals surface area contributed by atoms with Crippen LogP contribution < -0.4 is 16.4 Å². The first-order valence-corrected chi connectivity index (χ1v) is 8.76. The monoisotopic (exact) mass is 344 g/mol. The Morgan fingerprint density at radius 3 is 2.88 bits per heavy atom. The van der Waals surface area contributed by atoms with Crippen LogP contribution in [0.15, 0.2) is 27.8 Å². The Bertz CT molecular complexity index is 897. The summed E-state index contributed by atoms with van der Waals surface area (Å²) in [5.41, 5.74) is 0.456. The summed E-state index contributed by atoms with van der Waals surface area (Å²) in [4.78, 5) is 41.0. The summed E-state index contributed by atoms with van der Waals surface area (Å²) in [6.07, 6.45) is 2.12. The normalized spacial score (nSPS) is 17.8. The van der Waals surface area contributed by atoms with Crippen LogP contribution in [0, 0.1) is 5.92 Å². The minimum absolute atomic E-state index is 0.0298. The van der Waals surface area contributed by atoms with Crippen molar-refractivity contribution in [2.45, 2.75) is 26.3 Å². The maximum atomic E-state index is 12.8. The highest BCUT2D eigenvalue weighted by Gasteiger charge is 2.24. The molecule has 3 rings (SSSR count). The molecule has 7 heteroatoms. The van der Waals surface area contributed by atoms with Crippen molar-refractivity contribution in [3.63, 3.8) is 0 Å². The van der Waals surface area contributed by atoms with Gasteiger partial charge >= 0.3 is 11.1 Å². The van der Waals surface area contributed by atoms with Gasteiger partial charge in [0.25, 0.3) is 5.91 Å². The number of benzene rings is 1. The molecule has 0 aliphatic carbocycles. The molecule has 0 bridgehead atoms. The standard InChI is InChI=1S/C18H24N4O3/c1-3-22-15-7-6-13(9-14(15)20-16(23)18(22)25)17(24)21-8-4-5-12(11-21)10-19-2/h6-7,9,12,19H,3-5,8,10-11H2,1-2H3,(H,20,23). The van der Waals surface area contributed by atoms with Crippen LogP contribution in [0.4, 0.5) is 0 Å². The molecule has 2 aromatic rings. The smallest absolute Gasteiger partial charge is 0.316 e. The largest absolute Gasteiger partial charge is 0.338 e. The van der Waals surface area contributed by atoms with E-state index in [2.05, 4.69) is 10.3 Å². The van der Waals surface area contributed by atoms with Crippen molar-refractivity contribution in [3.8, 4) is 0 Å². The third-order valence-electron chi connectivity index (χ3n) is 4.84. The van der Waals surface area contributed by atoms with E-state index in [0.29, 0.717) is 29.1 Å². The fourth-order valence-corrected chi connectivity index (χ4v) is 3.61. The molecule has 1 aromatic heterocycles. The quantitative estimate of drug-likeness (QED) is 0.803. The van der Waals surface area contributed by atoms with Crippen molar-refractivity contribution < 1.29 is 4.79 Å². The molecule has 1 aromatic carbocycles. The molecule has 1 aliphatic heterocycles. The Balaban J connectivity index is 1.94. The summed E-state index contributed by atoms with van der Waals surface area (Å²) in [5, 5.41) is 3.17. The number of nitrogens with zero attached hydrogens (tertiary/aromatic N) is 2. The summed E-state index contributed by atoms with van der Waals surface area (Å²) in [7, 11) is 1.92. The number of likely N-dealkylation sites (tertiary alicyclic amines) is 1. The lowest BCUT2D eigenvalue weighted by Crippen LogP contribution is -2.42. The third-order valence-corrected chi connectivity index (χ3v) is 4.84. The highest BCUT2D eigenvalue weighted by molar-refractivity contribution is 5.97. The van der Waals surface area contributed by atoms with Gasteiger partial charge < -0.3 is 19.8 Å². The second-order valence-electron chi connectivity index (χ2n) is 6.55. The first kappa shape index (κ1) is 17.4. The van der Waals surface area contributed by atoms with Gasteiger partial charge in [-0.3, -0.25) is 14.4 Å². The van der Waals surface area contributed by atoms with E-state index in [-0.39, 0.29) is 5.91 Å². The molecule has 1 atom stereocenters. The zero-order valence-corrected chi connectivity index (χ0v) is 14.7. The van der Waals surface area contributed by atoms with E-state index in [1.165, 1.54) is 4.57 Å². The van der Waals surface area contributed by atoms with Crippen molar-refractivity contribution in [2.75, 3.05) is 26.7 Å². The van der Waals surface area contributed by atoms with Gasteiger partial charge in [-0.25, -0.2) is 0 Å². The number of hydrogen-bond donors (Lipinski definition) is 2. The maximum Gasteiger partial charge on any atom is 0.316 e. The van der Waals surface area contributed by atoms with E-state index in [9.17, 15) is 14.4 Å². The number of hydrogen-bond acceptors (Lipinski definition) is 4. The molecule has 1 fully saturated rings. The van der Waals surface area contributed by atoms with Crippen LogP contribution in [0.25, 0.3) is 11.0 Å². The molecule has 134 valence electrons. The number of H-pyrrole nitrogens is 1. The molecule has 2 heterocycles. The number of amides is 1. The molecule has 1 unspecified atom stereocenters. The van der Waals surface area contributed by atoms with Gasteiger partial charge in [0, 0.05) is 25.2 Å². The predicted molar refractivity (Wildman–Crippen MR) is 97.1 cm³/mol. The fourth-order valence-electron chi connectivity index (χ4n) is 3.61. The van der Waals surface area contributed by atoms with Gasteiger partial charge in [-0.15, -0.1) is 0 Å². The molecule has 0 saturated carbocycles. The van der Waals surface area contributed by atoms with E-state index in [0.717, 1.165) is 32.5 Å². The first-order chi connectivity index (χ1) is 12.0. The number of nitrogens with one attached hydrogen (secondary N) is 2. The van der Waals surface area contributed by atoms with Crippen LogP contribution in [0.3, 0.4) is 0 Å². The summed E-state index contributed by atoms with van der Waals surface area (Å²) >= 11 is 0. The van der Waals surface area contributed by atoms with E-state index < -0.39 is 11.1 Å². The number of carbonyl (C=O) groups is 1. The average molecular weight is 344 g/mol. The van der Waals surface area contributed by atoms with Gasteiger partial charge in [0.05, 0.1) is 11.0 Å². The number of aromatic nitrogens is 2. The van der Waals surface area contributed by atoms with Crippen LogP contribution in [-0.4, -0.2) is 47.0 Å². The van der Waals surface area contributed by atoms with Crippen molar-refractivity contribution in [1.29, 1.82) is 0 Å². The lowest BCUT2D eigenvalue weighted by molar-refractivity contribution is 0.0674. The van der Waals surface area contributed by atoms with Crippen LogP contribution in [0.5, 0.6) is 0 Å². The lowest BCUT2D eigenvalue weighted by Gasteiger charge is -2.32. The number of aromatic amines is 1. The van der Waals surface area contributed by atoms with Crippen LogP contribution in [0.1, 0.15) is 30.1 Å². The third kappa shape index (κ3) is 3.37. The molecule has 1 aliphatic rings. The Hall–Kier alpha value is -2.41. The fraction of sp³-hybridized carbons (Fsp3) is 0.500.